The molecule has 0 bridgehead atoms. The van der Waals surface area contributed by atoms with Crippen molar-refractivity contribution in [1.29, 1.82) is 0 Å². The Balaban J connectivity index is 4.18. The highest BCUT2D eigenvalue weighted by Gasteiger charge is 2.30. The highest BCUT2D eigenvalue weighted by molar-refractivity contribution is 5.81. The predicted octanol–water partition coefficient (Wildman–Crippen LogP) is 0.919. The van der Waals surface area contributed by atoms with E-state index in [1.165, 1.54) is 0 Å². The summed E-state index contributed by atoms with van der Waals surface area (Å²) in [6.45, 7) is 7.94. The maximum Gasteiger partial charge on any atom is 0.239 e. The zero-order valence-corrected chi connectivity index (χ0v) is 7.99. The number of carbonyl (C=O) groups excluding carboxylic acids is 1. The second-order valence-corrected chi connectivity index (χ2v) is 3.58. The van der Waals surface area contributed by atoms with Gasteiger partial charge in [-0.25, -0.2) is 5.43 Å². The highest BCUT2D eigenvalue weighted by atomic mass is 16.2. The molecular weight excluding hydrogens is 140 g/mol. The summed E-state index contributed by atoms with van der Waals surface area (Å²) in [4.78, 5) is 11.3. The molecule has 11 heavy (non-hydrogen) atoms. The fraction of sp³-hybridized carbons (Fsp3) is 0.875. The van der Waals surface area contributed by atoms with Crippen molar-refractivity contribution in [2.24, 2.45) is 11.3 Å². The second-order valence-electron chi connectivity index (χ2n) is 3.58. The van der Waals surface area contributed by atoms with Crippen LogP contribution in [0.2, 0.25) is 0 Å². The predicted molar refractivity (Wildman–Crippen MR) is 45.8 cm³/mol. The van der Waals surface area contributed by atoms with Crippen LogP contribution in [0.5, 0.6) is 0 Å². The normalized spacial score (nSPS) is 11.8. The first kappa shape index (κ1) is 10.4. The quantitative estimate of drug-likeness (QED) is 0.600. The minimum atomic E-state index is -0.303. The van der Waals surface area contributed by atoms with Crippen LogP contribution in [-0.4, -0.2) is 13.0 Å². The first-order valence-corrected chi connectivity index (χ1v) is 3.90. The lowest BCUT2D eigenvalue weighted by Crippen LogP contribution is -2.45. The molecule has 0 aromatic rings. The fourth-order valence-electron chi connectivity index (χ4n) is 0.537. The summed E-state index contributed by atoms with van der Waals surface area (Å²) in [5.74, 6) is 0.380. The van der Waals surface area contributed by atoms with Gasteiger partial charge in [-0.1, -0.05) is 27.7 Å². The Hall–Kier alpha value is -0.570. The van der Waals surface area contributed by atoms with E-state index in [-0.39, 0.29) is 11.3 Å². The largest absolute Gasteiger partial charge is 0.291 e. The number of nitrogens with one attached hydrogen (secondary N) is 2. The van der Waals surface area contributed by atoms with Gasteiger partial charge in [-0.05, 0) is 5.92 Å². The van der Waals surface area contributed by atoms with E-state index in [2.05, 4.69) is 10.9 Å². The summed E-state index contributed by atoms with van der Waals surface area (Å²) >= 11 is 0. The molecule has 0 aliphatic heterocycles. The van der Waals surface area contributed by atoms with Gasteiger partial charge in [-0.3, -0.25) is 10.2 Å². The molecular formula is C8H18N2O. The van der Waals surface area contributed by atoms with Crippen LogP contribution in [0, 0.1) is 11.3 Å². The van der Waals surface area contributed by atoms with E-state index < -0.39 is 0 Å². The molecule has 3 nitrogen and oxygen atoms in total. The fourth-order valence-corrected chi connectivity index (χ4v) is 0.537. The van der Waals surface area contributed by atoms with Crippen molar-refractivity contribution in [3.05, 3.63) is 0 Å². The topological polar surface area (TPSA) is 41.1 Å². The molecule has 0 aromatic carbocycles. The average molecular weight is 158 g/mol. The summed E-state index contributed by atoms with van der Waals surface area (Å²) in [6, 6.07) is 0. The van der Waals surface area contributed by atoms with Crippen LogP contribution in [0.4, 0.5) is 0 Å². The summed E-state index contributed by atoms with van der Waals surface area (Å²) in [6.07, 6.45) is 0. The van der Waals surface area contributed by atoms with E-state index >= 15 is 0 Å². The van der Waals surface area contributed by atoms with E-state index in [9.17, 15) is 4.79 Å². The van der Waals surface area contributed by atoms with Gasteiger partial charge in [0.25, 0.3) is 0 Å². The first-order valence-electron chi connectivity index (χ1n) is 3.90. The first-order chi connectivity index (χ1) is 4.92. The molecule has 0 spiro atoms. The van der Waals surface area contributed by atoms with E-state index in [1.807, 2.05) is 27.7 Å². The van der Waals surface area contributed by atoms with Gasteiger partial charge < -0.3 is 0 Å². The van der Waals surface area contributed by atoms with Crippen molar-refractivity contribution in [2.45, 2.75) is 27.7 Å². The van der Waals surface area contributed by atoms with E-state index in [4.69, 9.17) is 0 Å². The molecule has 0 saturated heterocycles. The Morgan fingerprint density at radius 2 is 1.82 bits per heavy atom. The van der Waals surface area contributed by atoms with Crippen molar-refractivity contribution >= 4 is 5.91 Å². The Kier molecular flexibility index (Phi) is 3.52. The van der Waals surface area contributed by atoms with Crippen molar-refractivity contribution in [3.8, 4) is 0 Å². The monoisotopic (exact) mass is 158 g/mol. The van der Waals surface area contributed by atoms with Gasteiger partial charge in [0.15, 0.2) is 0 Å². The molecule has 2 N–H and O–H groups in total. The minimum Gasteiger partial charge on any atom is -0.291 e. The molecule has 66 valence electrons. The average Bonchev–Trinajstić information content (AvgIpc) is 1.88. The van der Waals surface area contributed by atoms with Crippen molar-refractivity contribution < 1.29 is 4.79 Å². The van der Waals surface area contributed by atoms with E-state index in [0.29, 0.717) is 5.92 Å². The Morgan fingerprint density at radius 3 is 2.09 bits per heavy atom. The maximum absolute atomic E-state index is 11.3. The number of hydrazine groups is 1. The maximum atomic E-state index is 11.3. The smallest absolute Gasteiger partial charge is 0.239 e. The van der Waals surface area contributed by atoms with Gasteiger partial charge in [0.2, 0.25) is 5.91 Å². The van der Waals surface area contributed by atoms with Crippen molar-refractivity contribution in [3.63, 3.8) is 0 Å². The molecule has 0 rings (SSSR count). The van der Waals surface area contributed by atoms with Gasteiger partial charge in [-0.2, -0.15) is 0 Å². The minimum absolute atomic E-state index is 0.0370. The van der Waals surface area contributed by atoms with Gasteiger partial charge in [0, 0.05) is 12.5 Å². The number of hydrogen-bond acceptors (Lipinski definition) is 2. The molecule has 0 aromatic heterocycles. The molecule has 0 aliphatic rings. The molecule has 1 amide bonds. The van der Waals surface area contributed by atoms with Crippen LogP contribution in [-0.2, 0) is 4.79 Å². The van der Waals surface area contributed by atoms with Crippen LogP contribution >= 0.6 is 0 Å². The summed E-state index contributed by atoms with van der Waals surface area (Å²) in [5.41, 5.74) is 4.90. The van der Waals surface area contributed by atoms with Crippen LogP contribution in [0.25, 0.3) is 0 Å². The third kappa shape index (κ3) is 2.50. The van der Waals surface area contributed by atoms with Gasteiger partial charge in [0.05, 0.1) is 0 Å². The molecule has 0 saturated carbocycles. The van der Waals surface area contributed by atoms with Crippen molar-refractivity contribution in [1.82, 2.24) is 10.9 Å². The summed E-state index contributed by atoms with van der Waals surface area (Å²) in [7, 11) is 1.69. The van der Waals surface area contributed by atoms with Crippen LogP contribution in [0.3, 0.4) is 0 Å². The van der Waals surface area contributed by atoms with Gasteiger partial charge in [-0.15, -0.1) is 0 Å². The van der Waals surface area contributed by atoms with Gasteiger partial charge >= 0.3 is 0 Å². The molecule has 0 heterocycles. The molecule has 0 fully saturated rings. The Labute approximate surface area is 68.5 Å². The zero-order chi connectivity index (χ0) is 9.07. The van der Waals surface area contributed by atoms with Crippen LogP contribution < -0.4 is 10.9 Å². The molecule has 0 atom stereocenters. The number of hydrogen-bond donors (Lipinski definition) is 2. The lowest BCUT2D eigenvalue weighted by Gasteiger charge is -2.27. The number of amides is 1. The van der Waals surface area contributed by atoms with Crippen molar-refractivity contribution in [2.75, 3.05) is 7.05 Å². The standard InChI is InChI=1S/C8H18N2O/c1-6(2)8(3,4)7(11)10-9-5/h6,9H,1-5H3,(H,10,11). The molecule has 3 heteroatoms. The third-order valence-corrected chi connectivity index (χ3v) is 2.27. The van der Waals surface area contributed by atoms with Crippen LogP contribution in [0.1, 0.15) is 27.7 Å². The zero-order valence-electron chi connectivity index (χ0n) is 7.99. The lowest BCUT2D eigenvalue weighted by atomic mass is 9.80. The summed E-state index contributed by atoms with van der Waals surface area (Å²) < 4.78 is 0. The van der Waals surface area contributed by atoms with E-state index in [0.717, 1.165) is 0 Å². The summed E-state index contributed by atoms with van der Waals surface area (Å²) in [5, 5.41) is 0. The Morgan fingerprint density at radius 1 is 1.36 bits per heavy atom. The third-order valence-electron chi connectivity index (χ3n) is 2.27. The number of carbonyl (C=O) groups is 1. The second kappa shape index (κ2) is 3.72. The molecule has 0 radical (unpaired) electrons. The SMILES string of the molecule is CNNC(=O)C(C)(C)C(C)C. The molecule has 0 aliphatic carbocycles. The highest BCUT2D eigenvalue weighted by Crippen LogP contribution is 2.25. The van der Waals surface area contributed by atoms with E-state index in [1.54, 1.807) is 7.05 Å². The Bertz CT molecular complexity index is 141. The van der Waals surface area contributed by atoms with Gasteiger partial charge in [0.1, 0.15) is 0 Å². The van der Waals surface area contributed by atoms with Crippen LogP contribution in [0.15, 0.2) is 0 Å². The number of rotatable bonds is 3. The lowest BCUT2D eigenvalue weighted by molar-refractivity contribution is -0.132. The molecule has 0 unspecified atom stereocenters.